The Morgan fingerprint density at radius 1 is 1.12 bits per heavy atom. The zero-order chi connectivity index (χ0) is 18.8. The molecule has 2 rings (SSSR count). The first-order valence-corrected chi connectivity index (χ1v) is 10.9. The SMILES string of the molecule is CC/C1=C(C)/C=C/C(C(=N)CCCC2CCCCC2)=C\C=C\CC[C@H]1C. The van der Waals surface area contributed by atoms with Gasteiger partial charge in [-0.2, -0.15) is 0 Å². The minimum Gasteiger partial charge on any atom is -0.305 e. The molecule has 2 aliphatic rings. The van der Waals surface area contributed by atoms with E-state index in [9.17, 15) is 0 Å². The van der Waals surface area contributed by atoms with Crippen molar-refractivity contribution in [3.05, 3.63) is 47.1 Å². The predicted molar refractivity (Wildman–Crippen MR) is 116 cm³/mol. The predicted octanol–water partition coefficient (Wildman–Crippen LogP) is 7.95. The minimum absolute atomic E-state index is 0.644. The van der Waals surface area contributed by atoms with E-state index < -0.39 is 0 Å². The smallest absolute Gasteiger partial charge is 0.0386 e. The van der Waals surface area contributed by atoms with Crippen LogP contribution in [0.2, 0.25) is 0 Å². The highest BCUT2D eigenvalue weighted by molar-refractivity contribution is 6.00. The lowest BCUT2D eigenvalue weighted by Crippen LogP contribution is -2.07. The largest absolute Gasteiger partial charge is 0.305 e. The van der Waals surface area contributed by atoms with Crippen LogP contribution >= 0.6 is 0 Å². The molecule has 1 saturated carbocycles. The van der Waals surface area contributed by atoms with Crippen LogP contribution in [0.1, 0.15) is 91.4 Å². The van der Waals surface area contributed by atoms with Crippen LogP contribution in [0, 0.1) is 17.2 Å². The Labute approximate surface area is 161 Å². The van der Waals surface area contributed by atoms with Gasteiger partial charge in [0.2, 0.25) is 0 Å². The highest BCUT2D eigenvalue weighted by atomic mass is 14.4. The Bertz CT molecular complexity index is 567. The van der Waals surface area contributed by atoms with E-state index in [2.05, 4.69) is 51.2 Å². The molecule has 2 aliphatic carbocycles. The van der Waals surface area contributed by atoms with Crippen LogP contribution in [0.15, 0.2) is 47.1 Å². The molecule has 0 saturated heterocycles. The summed E-state index contributed by atoms with van der Waals surface area (Å²) < 4.78 is 0. The summed E-state index contributed by atoms with van der Waals surface area (Å²) in [4.78, 5) is 0. The van der Waals surface area contributed by atoms with Gasteiger partial charge >= 0.3 is 0 Å². The molecule has 0 aromatic heterocycles. The van der Waals surface area contributed by atoms with Gasteiger partial charge < -0.3 is 5.41 Å². The first-order valence-electron chi connectivity index (χ1n) is 10.9. The quantitative estimate of drug-likeness (QED) is 0.468. The lowest BCUT2D eigenvalue weighted by Gasteiger charge is -2.21. The third kappa shape index (κ3) is 6.74. The minimum atomic E-state index is 0.644. The number of hydrogen-bond donors (Lipinski definition) is 1. The molecular formula is C25H39N. The van der Waals surface area contributed by atoms with Crippen LogP contribution < -0.4 is 0 Å². The van der Waals surface area contributed by atoms with Crippen molar-refractivity contribution >= 4 is 5.71 Å². The second-order valence-electron chi connectivity index (χ2n) is 8.30. The zero-order valence-corrected chi connectivity index (χ0v) is 17.3. The molecular weight excluding hydrogens is 314 g/mol. The van der Waals surface area contributed by atoms with E-state index in [1.165, 1.54) is 56.9 Å². The van der Waals surface area contributed by atoms with E-state index in [1.54, 1.807) is 5.57 Å². The Balaban J connectivity index is 1.99. The normalized spacial score (nSPS) is 30.1. The second kappa shape index (κ2) is 11.4. The van der Waals surface area contributed by atoms with Gasteiger partial charge in [-0.1, -0.05) is 93.9 Å². The van der Waals surface area contributed by atoms with Crippen molar-refractivity contribution in [2.45, 2.75) is 91.4 Å². The molecule has 0 aromatic carbocycles. The summed E-state index contributed by atoms with van der Waals surface area (Å²) in [6.45, 7) is 6.85. The summed E-state index contributed by atoms with van der Waals surface area (Å²) in [6.07, 6.45) is 25.0. The molecule has 0 spiro atoms. The van der Waals surface area contributed by atoms with E-state index in [1.807, 2.05) is 0 Å². The van der Waals surface area contributed by atoms with E-state index in [-0.39, 0.29) is 0 Å². The molecule has 0 aromatic rings. The molecule has 0 amide bonds. The van der Waals surface area contributed by atoms with Crippen LogP contribution in [-0.2, 0) is 0 Å². The molecule has 1 N–H and O–H groups in total. The van der Waals surface area contributed by atoms with Crippen molar-refractivity contribution in [3.63, 3.8) is 0 Å². The molecule has 0 aliphatic heterocycles. The summed E-state index contributed by atoms with van der Waals surface area (Å²) in [7, 11) is 0. The number of allylic oxidation sites excluding steroid dienone is 8. The van der Waals surface area contributed by atoms with Crippen molar-refractivity contribution in [1.82, 2.24) is 0 Å². The summed E-state index contributed by atoms with van der Waals surface area (Å²) >= 11 is 0. The van der Waals surface area contributed by atoms with Crippen molar-refractivity contribution < 1.29 is 0 Å². The lowest BCUT2D eigenvalue weighted by molar-refractivity contribution is 0.334. The monoisotopic (exact) mass is 353 g/mol. The molecule has 1 nitrogen and oxygen atoms in total. The van der Waals surface area contributed by atoms with Crippen LogP contribution in [0.5, 0.6) is 0 Å². The van der Waals surface area contributed by atoms with Gasteiger partial charge in [0.1, 0.15) is 0 Å². The average molecular weight is 354 g/mol. The molecule has 1 heteroatoms. The molecule has 0 bridgehead atoms. The summed E-state index contributed by atoms with van der Waals surface area (Å²) in [5.41, 5.74) is 4.86. The van der Waals surface area contributed by atoms with E-state index in [4.69, 9.17) is 5.41 Å². The van der Waals surface area contributed by atoms with Gasteiger partial charge in [-0.25, -0.2) is 0 Å². The van der Waals surface area contributed by atoms with Gasteiger partial charge in [0.15, 0.2) is 0 Å². The van der Waals surface area contributed by atoms with Gasteiger partial charge in [-0.3, -0.25) is 0 Å². The lowest BCUT2D eigenvalue weighted by atomic mass is 9.85. The van der Waals surface area contributed by atoms with Crippen LogP contribution in [0.25, 0.3) is 0 Å². The van der Waals surface area contributed by atoms with E-state index in [0.29, 0.717) is 5.92 Å². The summed E-state index contributed by atoms with van der Waals surface area (Å²) in [6, 6.07) is 0. The summed E-state index contributed by atoms with van der Waals surface area (Å²) in [5, 5.41) is 8.58. The molecule has 1 fully saturated rings. The van der Waals surface area contributed by atoms with Crippen LogP contribution in [0.3, 0.4) is 0 Å². The Kier molecular flexibility index (Phi) is 9.15. The topological polar surface area (TPSA) is 23.9 Å². The van der Waals surface area contributed by atoms with E-state index >= 15 is 0 Å². The number of hydrogen-bond acceptors (Lipinski definition) is 1. The standard InChI is InChI=1S/C25H39N/c1-4-24-20(2)12-7-5-10-16-23(19-18-21(24)3)25(26)17-11-15-22-13-8-6-9-14-22/h5,10,16,18-20,22,26H,4,6-9,11-15,17H2,1-3H3/b10-5+,19-18+,23-16+,24-21-,26-25?/t20-/m1/s1. The first kappa shape index (κ1) is 20.9. The average Bonchev–Trinajstić information content (AvgIpc) is 2.67. The molecule has 26 heavy (non-hydrogen) atoms. The highest BCUT2D eigenvalue weighted by Crippen LogP contribution is 2.28. The maximum absolute atomic E-state index is 8.58. The van der Waals surface area contributed by atoms with Gasteiger partial charge in [0, 0.05) is 5.71 Å². The third-order valence-electron chi connectivity index (χ3n) is 6.29. The fraction of sp³-hybridized carbons (Fsp3) is 0.640. The molecule has 0 heterocycles. The molecule has 0 radical (unpaired) electrons. The zero-order valence-electron chi connectivity index (χ0n) is 17.3. The Morgan fingerprint density at radius 3 is 2.62 bits per heavy atom. The summed E-state index contributed by atoms with van der Waals surface area (Å²) in [5.74, 6) is 1.57. The van der Waals surface area contributed by atoms with E-state index in [0.717, 1.165) is 36.5 Å². The van der Waals surface area contributed by atoms with Gasteiger partial charge in [-0.05, 0) is 56.4 Å². The van der Waals surface area contributed by atoms with Crippen LogP contribution in [-0.4, -0.2) is 5.71 Å². The maximum atomic E-state index is 8.58. The van der Waals surface area contributed by atoms with Crippen molar-refractivity contribution in [3.8, 4) is 0 Å². The number of nitrogens with one attached hydrogen (secondary N) is 1. The first-order chi connectivity index (χ1) is 12.6. The maximum Gasteiger partial charge on any atom is 0.0386 e. The Morgan fingerprint density at radius 2 is 1.88 bits per heavy atom. The molecule has 144 valence electrons. The van der Waals surface area contributed by atoms with Crippen molar-refractivity contribution in [2.24, 2.45) is 11.8 Å². The van der Waals surface area contributed by atoms with Crippen LogP contribution in [0.4, 0.5) is 0 Å². The fourth-order valence-corrected chi connectivity index (χ4v) is 4.57. The van der Waals surface area contributed by atoms with Crippen molar-refractivity contribution in [2.75, 3.05) is 0 Å². The third-order valence-corrected chi connectivity index (χ3v) is 6.29. The number of rotatable bonds is 6. The fourth-order valence-electron chi connectivity index (χ4n) is 4.57. The molecule has 1 atom stereocenters. The van der Waals surface area contributed by atoms with Gasteiger partial charge in [-0.15, -0.1) is 0 Å². The van der Waals surface area contributed by atoms with Crippen molar-refractivity contribution in [1.29, 1.82) is 5.41 Å². The van der Waals surface area contributed by atoms with Gasteiger partial charge in [0.25, 0.3) is 0 Å². The highest BCUT2D eigenvalue weighted by Gasteiger charge is 2.14. The second-order valence-corrected chi connectivity index (χ2v) is 8.30. The Hall–Kier alpha value is -1.37. The van der Waals surface area contributed by atoms with Gasteiger partial charge in [0.05, 0.1) is 0 Å². The molecule has 0 unspecified atom stereocenters.